The summed E-state index contributed by atoms with van der Waals surface area (Å²) >= 11 is 0. The molecule has 3 aromatic rings. The first-order valence-corrected chi connectivity index (χ1v) is 11.4. The highest BCUT2D eigenvalue weighted by molar-refractivity contribution is 7.80. The van der Waals surface area contributed by atoms with Crippen LogP contribution in [0.15, 0.2) is 52.7 Å². The van der Waals surface area contributed by atoms with Crippen molar-refractivity contribution in [2.75, 3.05) is 24.6 Å². The molecule has 10 heteroatoms. The zero-order chi connectivity index (χ0) is 22.6. The van der Waals surface area contributed by atoms with Crippen molar-refractivity contribution in [2.24, 2.45) is 24.3 Å². The van der Waals surface area contributed by atoms with E-state index in [0.717, 1.165) is 40.5 Å². The normalized spacial score (nSPS) is 12.2. The number of hydrogen-bond acceptors (Lipinski definition) is 6. The SMILES string of the molecule is CCN(CCCOS(=O)(=O)O)c1ccc(N=Nc2n(C)c3ccccc3[n+]2C)c(C)c1. The first-order chi connectivity index (χ1) is 14.7. The molecule has 0 spiro atoms. The molecule has 1 aromatic heterocycles. The summed E-state index contributed by atoms with van der Waals surface area (Å²) in [5, 5.41) is 8.96. The quantitative estimate of drug-likeness (QED) is 0.233. The fraction of sp³-hybridized carbons (Fsp3) is 0.381. The monoisotopic (exact) mass is 446 g/mol. The van der Waals surface area contributed by atoms with Gasteiger partial charge < -0.3 is 4.90 Å². The largest absolute Gasteiger partial charge is 0.422 e. The van der Waals surface area contributed by atoms with Gasteiger partial charge in [0.1, 0.15) is 16.7 Å². The minimum absolute atomic E-state index is 0.0668. The molecule has 0 bridgehead atoms. The first kappa shape index (κ1) is 22.9. The van der Waals surface area contributed by atoms with Crippen LogP contribution in [0.2, 0.25) is 0 Å². The second kappa shape index (κ2) is 9.54. The lowest BCUT2D eigenvalue weighted by molar-refractivity contribution is -0.632. The van der Waals surface area contributed by atoms with Crippen molar-refractivity contribution in [2.45, 2.75) is 20.3 Å². The number of nitrogens with zero attached hydrogens (tertiary/aromatic N) is 5. The van der Waals surface area contributed by atoms with Crippen LogP contribution in [0, 0.1) is 6.92 Å². The lowest BCUT2D eigenvalue weighted by Crippen LogP contribution is -2.26. The van der Waals surface area contributed by atoms with Crippen LogP contribution in [0.1, 0.15) is 18.9 Å². The number of hydrogen-bond donors (Lipinski definition) is 1. The summed E-state index contributed by atoms with van der Waals surface area (Å²) < 4.78 is 38.4. The number of fused-ring (bicyclic) bond motifs is 1. The topological polar surface area (TPSA) is 100 Å². The highest BCUT2D eigenvalue weighted by Crippen LogP contribution is 2.27. The van der Waals surface area contributed by atoms with E-state index >= 15 is 0 Å². The molecule has 0 aliphatic carbocycles. The van der Waals surface area contributed by atoms with Gasteiger partial charge >= 0.3 is 16.3 Å². The second-order valence-electron chi connectivity index (χ2n) is 7.26. The van der Waals surface area contributed by atoms with Crippen LogP contribution in [0.25, 0.3) is 11.0 Å². The second-order valence-corrected chi connectivity index (χ2v) is 8.35. The molecule has 166 valence electrons. The highest BCUT2D eigenvalue weighted by Gasteiger charge is 2.19. The van der Waals surface area contributed by atoms with Gasteiger partial charge in [0.05, 0.1) is 20.7 Å². The molecule has 1 N–H and O–H groups in total. The van der Waals surface area contributed by atoms with Gasteiger partial charge in [0, 0.05) is 23.9 Å². The number of aromatic nitrogens is 2. The van der Waals surface area contributed by atoms with Crippen LogP contribution in [0.5, 0.6) is 0 Å². The van der Waals surface area contributed by atoms with Crippen molar-refractivity contribution in [1.29, 1.82) is 0 Å². The molecule has 9 nitrogen and oxygen atoms in total. The van der Waals surface area contributed by atoms with Gasteiger partial charge in [0.15, 0.2) is 0 Å². The summed E-state index contributed by atoms with van der Waals surface area (Å²) in [5.74, 6) is 0.749. The van der Waals surface area contributed by atoms with E-state index < -0.39 is 10.4 Å². The Balaban J connectivity index is 1.75. The van der Waals surface area contributed by atoms with Gasteiger partial charge in [-0.1, -0.05) is 17.2 Å². The molecular weight excluding hydrogens is 418 g/mol. The first-order valence-electron chi connectivity index (χ1n) is 10.0. The van der Waals surface area contributed by atoms with Crippen LogP contribution in [0.4, 0.5) is 17.3 Å². The molecule has 0 unspecified atom stereocenters. The van der Waals surface area contributed by atoms with Crippen molar-refractivity contribution in [1.82, 2.24) is 4.57 Å². The molecule has 0 saturated heterocycles. The molecule has 0 radical (unpaired) electrons. The van der Waals surface area contributed by atoms with E-state index in [4.69, 9.17) is 4.55 Å². The third-order valence-corrected chi connectivity index (χ3v) is 5.65. The molecular formula is C21H28N5O4S+. The van der Waals surface area contributed by atoms with Crippen LogP contribution < -0.4 is 9.47 Å². The lowest BCUT2D eigenvalue weighted by Gasteiger charge is -2.23. The standard InChI is InChI=1S/C21H27N5O4S/c1-5-26(13-8-14-30-31(27,28)29)17-11-12-18(16(2)15-17)22-23-21-24(3)19-9-6-7-10-20(19)25(21)4/h6-7,9-12,15H,5,8,13-14H2,1-4H3/p+1. The number of azo groups is 1. The Bertz CT molecular complexity index is 1160. The maximum atomic E-state index is 10.7. The average molecular weight is 447 g/mol. The lowest BCUT2D eigenvalue weighted by atomic mass is 10.1. The van der Waals surface area contributed by atoms with Gasteiger partial charge in [0.25, 0.3) is 0 Å². The molecule has 0 amide bonds. The molecule has 0 saturated carbocycles. The van der Waals surface area contributed by atoms with Gasteiger partial charge in [-0.25, -0.2) is 13.3 Å². The predicted molar refractivity (Wildman–Crippen MR) is 119 cm³/mol. The van der Waals surface area contributed by atoms with Gasteiger partial charge in [-0.15, -0.1) is 0 Å². The number of imidazole rings is 1. The molecule has 1 heterocycles. The molecule has 0 aliphatic rings. The Hall–Kier alpha value is -2.82. The molecule has 31 heavy (non-hydrogen) atoms. The minimum atomic E-state index is -4.39. The van der Waals surface area contributed by atoms with E-state index in [1.54, 1.807) is 0 Å². The van der Waals surface area contributed by atoms with Crippen LogP contribution in [-0.4, -0.2) is 37.2 Å². The van der Waals surface area contributed by atoms with E-state index in [-0.39, 0.29) is 6.61 Å². The number of para-hydroxylation sites is 2. The van der Waals surface area contributed by atoms with Gasteiger partial charge in [-0.2, -0.15) is 8.42 Å². The van der Waals surface area contributed by atoms with E-state index in [1.807, 2.05) is 67.4 Å². The Morgan fingerprint density at radius 3 is 2.58 bits per heavy atom. The van der Waals surface area contributed by atoms with Gasteiger partial charge in [0.2, 0.25) is 0 Å². The average Bonchev–Trinajstić information content (AvgIpc) is 2.97. The molecule has 0 atom stereocenters. The van der Waals surface area contributed by atoms with Crippen molar-refractivity contribution < 1.29 is 21.7 Å². The van der Waals surface area contributed by atoms with Crippen molar-refractivity contribution in [3.63, 3.8) is 0 Å². The van der Waals surface area contributed by atoms with Crippen LogP contribution in [0.3, 0.4) is 0 Å². The van der Waals surface area contributed by atoms with E-state index in [0.29, 0.717) is 13.0 Å². The maximum Gasteiger partial charge on any atom is 0.422 e. The third-order valence-electron chi connectivity index (χ3n) is 5.18. The summed E-state index contributed by atoms with van der Waals surface area (Å²) in [7, 11) is -0.455. The van der Waals surface area contributed by atoms with Crippen molar-refractivity contribution in [3.05, 3.63) is 48.0 Å². The summed E-state index contributed by atoms with van der Waals surface area (Å²) in [4.78, 5) is 2.10. The summed E-state index contributed by atoms with van der Waals surface area (Å²) in [6.07, 6.45) is 0.464. The number of aryl methyl sites for hydroxylation is 3. The van der Waals surface area contributed by atoms with E-state index in [2.05, 4.69) is 31.4 Å². The fourth-order valence-corrected chi connectivity index (χ4v) is 3.87. The van der Waals surface area contributed by atoms with E-state index in [1.165, 1.54) is 0 Å². The van der Waals surface area contributed by atoms with Crippen molar-refractivity contribution >= 4 is 38.8 Å². The van der Waals surface area contributed by atoms with E-state index in [9.17, 15) is 8.42 Å². The number of benzene rings is 2. The number of anilines is 1. The van der Waals surface area contributed by atoms with Gasteiger partial charge in [-0.05, 0) is 56.2 Å². The molecule has 2 aromatic carbocycles. The predicted octanol–water partition coefficient (Wildman–Crippen LogP) is 3.76. The summed E-state index contributed by atoms with van der Waals surface area (Å²) in [6, 6.07) is 14.0. The fourth-order valence-electron chi connectivity index (χ4n) is 3.54. The molecule has 0 fully saturated rings. The number of rotatable bonds is 9. The van der Waals surface area contributed by atoms with Crippen LogP contribution in [-0.2, 0) is 28.7 Å². The molecule has 0 aliphatic heterocycles. The Morgan fingerprint density at radius 1 is 1.19 bits per heavy atom. The Morgan fingerprint density at radius 2 is 1.94 bits per heavy atom. The van der Waals surface area contributed by atoms with Gasteiger partial charge in [-0.3, -0.25) is 4.55 Å². The zero-order valence-corrected chi connectivity index (χ0v) is 19.0. The third kappa shape index (κ3) is 5.46. The van der Waals surface area contributed by atoms with Crippen LogP contribution >= 0.6 is 0 Å². The minimum Gasteiger partial charge on any atom is -0.372 e. The maximum absolute atomic E-state index is 10.7. The Kier molecular flexibility index (Phi) is 7.04. The highest BCUT2D eigenvalue weighted by atomic mass is 32.3. The van der Waals surface area contributed by atoms with Crippen molar-refractivity contribution in [3.8, 4) is 0 Å². The summed E-state index contributed by atoms with van der Waals surface area (Å²) in [5.41, 5.74) is 4.93. The smallest absolute Gasteiger partial charge is 0.372 e. The molecule has 3 rings (SSSR count). The Labute approximate surface area is 182 Å². The zero-order valence-electron chi connectivity index (χ0n) is 18.2. The summed E-state index contributed by atoms with van der Waals surface area (Å²) in [6.45, 7) is 5.28.